The van der Waals surface area contributed by atoms with E-state index >= 15 is 0 Å². The van der Waals surface area contributed by atoms with Crippen molar-refractivity contribution in [3.63, 3.8) is 0 Å². The normalized spacial score (nSPS) is 10.8. The van der Waals surface area contributed by atoms with Crippen molar-refractivity contribution in [2.75, 3.05) is 5.32 Å². The molecule has 0 fully saturated rings. The molecular weight excluding hydrogens is 218 g/mol. The van der Waals surface area contributed by atoms with E-state index in [-0.39, 0.29) is 5.91 Å². The van der Waals surface area contributed by atoms with Gasteiger partial charge in [-0.3, -0.25) is 4.79 Å². The van der Waals surface area contributed by atoms with Crippen molar-refractivity contribution in [1.29, 1.82) is 0 Å². The van der Waals surface area contributed by atoms with Crippen molar-refractivity contribution in [1.82, 2.24) is 0 Å². The Balaban J connectivity index is 2.62. The molecule has 1 amide bonds. The Bertz CT molecular complexity index is 569. The molecular formula is C13H15NOS. The molecule has 3 heteroatoms. The summed E-state index contributed by atoms with van der Waals surface area (Å²) < 4.78 is 1.24. The molecule has 2 rings (SSSR count). The molecule has 1 aromatic carbocycles. The van der Waals surface area contributed by atoms with Gasteiger partial charge in [0.1, 0.15) is 0 Å². The maximum absolute atomic E-state index is 11.1. The van der Waals surface area contributed by atoms with Gasteiger partial charge < -0.3 is 5.32 Å². The summed E-state index contributed by atoms with van der Waals surface area (Å²) in [6, 6.07) is 4.22. The molecule has 1 aromatic heterocycles. The zero-order chi connectivity index (χ0) is 11.9. The van der Waals surface area contributed by atoms with Gasteiger partial charge in [0.2, 0.25) is 5.91 Å². The quantitative estimate of drug-likeness (QED) is 0.797. The number of aryl methyl sites for hydroxylation is 3. The number of hydrogen-bond donors (Lipinski definition) is 1. The highest BCUT2D eigenvalue weighted by atomic mass is 32.1. The molecule has 0 bridgehead atoms. The predicted molar refractivity (Wildman–Crippen MR) is 70.3 cm³/mol. The number of anilines is 1. The highest BCUT2D eigenvalue weighted by Crippen LogP contribution is 2.33. The van der Waals surface area contributed by atoms with E-state index < -0.39 is 0 Å². The van der Waals surface area contributed by atoms with Crippen LogP contribution in [0.15, 0.2) is 12.1 Å². The molecule has 0 unspecified atom stereocenters. The molecule has 1 heterocycles. The molecule has 0 aliphatic carbocycles. The monoisotopic (exact) mass is 233 g/mol. The molecule has 1 N–H and O–H groups in total. The van der Waals surface area contributed by atoms with E-state index in [1.165, 1.54) is 27.5 Å². The van der Waals surface area contributed by atoms with Gasteiger partial charge in [-0.05, 0) is 49.4 Å². The molecule has 0 spiro atoms. The first-order valence-electron chi connectivity index (χ1n) is 5.27. The fourth-order valence-electron chi connectivity index (χ4n) is 1.82. The zero-order valence-electron chi connectivity index (χ0n) is 9.97. The SMILES string of the molecule is CC(=O)Nc1cc2sc(C)c(C)c2cc1C. The smallest absolute Gasteiger partial charge is 0.221 e. The van der Waals surface area contributed by atoms with Gasteiger partial charge in [-0.2, -0.15) is 0 Å². The largest absolute Gasteiger partial charge is 0.326 e. The average Bonchev–Trinajstić information content (AvgIpc) is 2.44. The van der Waals surface area contributed by atoms with E-state index in [4.69, 9.17) is 0 Å². The summed E-state index contributed by atoms with van der Waals surface area (Å²) in [5, 5.41) is 4.16. The van der Waals surface area contributed by atoms with Crippen molar-refractivity contribution in [2.24, 2.45) is 0 Å². The Morgan fingerprint density at radius 2 is 1.94 bits per heavy atom. The van der Waals surface area contributed by atoms with Gasteiger partial charge in [-0.15, -0.1) is 11.3 Å². The lowest BCUT2D eigenvalue weighted by Crippen LogP contribution is -2.06. The highest BCUT2D eigenvalue weighted by Gasteiger charge is 2.08. The zero-order valence-corrected chi connectivity index (χ0v) is 10.8. The third kappa shape index (κ3) is 1.83. The number of nitrogens with one attached hydrogen (secondary N) is 1. The second-order valence-electron chi connectivity index (χ2n) is 4.13. The molecule has 0 aliphatic rings. The van der Waals surface area contributed by atoms with E-state index in [1.807, 2.05) is 6.92 Å². The number of amides is 1. The standard InChI is InChI=1S/C13H15NOS/c1-7-5-11-8(2)9(3)16-13(11)6-12(7)14-10(4)15/h5-6H,1-4H3,(H,14,15). The fourth-order valence-corrected chi connectivity index (χ4v) is 2.91. The average molecular weight is 233 g/mol. The van der Waals surface area contributed by atoms with Crippen molar-refractivity contribution < 1.29 is 4.79 Å². The van der Waals surface area contributed by atoms with Crippen LogP contribution in [0, 0.1) is 20.8 Å². The van der Waals surface area contributed by atoms with Crippen molar-refractivity contribution in [3.05, 3.63) is 28.1 Å². The Kier molecular flexibility index (Phi) is 2.72. The second kappa shape index (κ2) is 3.91. The van der Waals surface area contributed by atoms with Crippen LogP contribution in [0.3, 0.4) is 0 Å². The van der Waals surface area contributed by atoms with E-state index in [1.54, 1.807) is 11.3 Å². The molecule has 2 aromatic rings. The number of benzene rings is 1. The van der Waals surface area contributed by atoms with Crippen LogP contribution in [-0.2, 0) is 4.79 Å². The first kappa shape index (κ1) is 11.1. The Morgan fingerprint density at radius 1 is 1.25 bits per heavy atom. The van der Waals surface area contributed by atoms with E-state index in [0.29, 0.717) is 0 Å². The minimum atomic E-state index is -0.0209. The van der Waals surface area contributed by atoms with Crippen LogP contribution in [0.4, 0.5) is 5.69 Å². The van der Waals surface area contributed by atoms with Crippen LogP contribution in [0.1, 0.15) is 22.9 Å². The molecule has 0 atom stereocenters. The molecule has 0 radical (unpaired) electrons. The second-order valence-corrected chi connectivity index (χ2v) is 5.38. The van der Waals surface area contributed by atoms with Gasteiger partial charge in [0, 0.05) is 22.2 Å². The maximum atomic E-state index is 11.1. The van der Waals surface area contributed by atoms with E-state index in [2.05, 4.69) is 31.3 Å². The lowest BCUT2D eigenvalue weighted by molar-refractivity contribution is -0.114. The van der Waals surface area contributed by atoms with Crippen molar-refractivity contribution >= 4 is 33.0 Å². The Hall–Kier alpha value is -1.35. The molecule has 0 aliphatic heterocycles. The summed E-state index contributed by atoms with van der Waals surface area (Å²) in [4.78, 5) is 12.4. The van der Waals surface area contributed by atoms with Gasteiger partial charge in [0.15, 0.2) is 0 Å². The first-order valence-corrected chi connectivity index (χ1v) is 6.08. The third-order valence-corrected chi connectivity index (χ3v) is 4.00. The van der Waals surface area contributed by atoms with Gasteiger partial charge in [0.05, 0.1) is 0 Å². The van der Waals surface area contributed by atoms with Gasteiger partial charge in [0.25, 0.3) is 0 Å². The molecule has 84 valence electrons. The van der Waals surface area contributed by atoms with Gasteiger partial charge in [-0.1, -0.05) is 0 Å². The Morgan fingerprint density at radius 3 is 2.56 bits per heavy atom. The topological polar surface area (TPSA) is 29.1 Å². The number of carbonyl (C=O) groups is 1. The molecule has 0 saturated heterocycles. The minimum absolute atomic E-state index is 0.0209. The van der Waals surface area contributed by atoms with Crippen LogP contribution >= 0.6 is 11.3 Å². The summed E-state index contributed by atoms with van der Waals surface area (Å²) in [5.41, 5.74) is 3.38. The summed E-state index contributed by atoms with van der Waals surface area (Å²) >= 11 is 1.78. The van der Waals surface area contributed by atoms with E-state index in [9.17, 15) is 4.79 Å². The highest BCUT2D eigenvalue weighted by molar-refractivity contribution is 7.19. The number of fused-ring (bicyclic) bond motifs is 1. The van der Waals surface area contributed by atoms with Crippen LogP contribution in [0.25, 0.3) is 10.1 Å². The number of hydrogen-bond acceptors (Lipinski definition) is 2. The van der Waals surface area contributed by atoms with Crippen molar-refractivity contribution in [3.8, 4) is 0 Å². The van der Waals surface area contributed by atoms with E-state index in [0.717, 1.165) is 11.3 Å². The fraction of sp³-hybridized carbons (Fsp3) is 0.308. The summed E-state index contributed by atoms with van der Waals surface area (Å²) in [6.45, 7) is 7.84. The maximum Gasteiger partial charge on any atom is 0.221 e. The summed E-state index contributed by atoms with van der Waals surface area (Å²) in [6.07, 6.45) is 0. The van der Waals surface area contributed by atoms with Crippen molar-refractivity contribution in [2.45, 2.75) is 27.7 Å². The summed E-state index contributed by atoms with van der Waals surface area (Å²) in [5.74, 6) is -0.0209. The van der Waals surface area contributed by atoms with Gasteiger partial charge in [-0.25, -0.2) is 0 Å². The van der Waals surface area contributed by atoms with Crippen LogP contribution in [0.5, 0.6) is 0 Å². The number of thiophene rings is 1. The number of carbonyl (C=O) groups excluding carboxylic acids is 1. The summed E-state index contributed by atoms with van der Waals surface area (Å²) in [7, 11) is 0. The van der Waals surface area contributed by atoms with Gasteiger partial charge >= 0.3 is 0 Å². The van der Waals surface area contributed by atoms with Crippen LogP contribution in [0.2, 0.25) is 0 Å². The lowest BCUT2D eigenvalue weighted by atomic mass is 10.1. The van der Waals surface area contributed by atoms with Crippen LogP contribution < -0.4 is 5.32 Å². The van der Waals surface area contributed by atoms with Crippen LogP contribution in [-0.4, -0.2) is 5.91 Å². The number of rotatable bonds is 1. The first-order chi connectivity index (χ1) is 7.49. The molecule has 0 saturated carbocycles. The minimum Gasteiger partial charge on any atom is -0.326 e. The predicted octanol–water partition coefficient (Wildman–Crippen LogP) is 3.78. The molecule has 2 nitrogen and oxygen atoms in total. The third-order valence-electron chi connectivity index (χ3n) is 2.83. The Labute approximate surface area is 99.3 Å². The molecule has 16 heavy (non-hydrogen) atoms. The lowest BCUT2D eigenvalue weighted by Gasteiger charge is -2.06.